The molecule has 0 aliphatic carbocycles. The van der Waals surface area contributed by atoms with E-state index in [9.17, 15) is 8.78 Å². The second-order valence-electron chi connectivity index (χ2n) is 6.31. The summed E-state index contributed by atoms with van der Waals surface area (Å²) in [4.78, 5) is 6.54. The number of nitrogens with zero attached hydrogens (tertiary/aromatic N) is 3. The summed E-state index contributed by atoms with van der Waals surface area (Å²) in [6.45, 7) is 2.49. The number of H-pyrrole nitrogens is 1. The van der Waals surface area contributed by atoms with Gasteiger partial charge in [0.2, 0.25) is 0 Å². The van der Waals surface area contributed by atoms with Crippen molar-refractivity contribution in [3.05, 3.63) is 59.4 Å². The van der Waals surface area contributed by atoms with E-state index in [4.69, 9.17) is 0 Å². The van der Waals surface area contributed by atoms with Gasteiger partial charge in [-0.2, -0.15) is 5.10 Å². The average Bonchev–Trinajstić information content (AvgIpc) is 3.03. The number of halogens is 2. The molecule has 0 radical (unpaired) electrons. The van der Waals surface area contributed by atoms with Gasteiger partial charge in [-0.05, 0) is 55.8 Å². The second kappa shape index (κ2) is 6.28. The highest BCUT2D eigenvalue weighted by Crippen LogP contribution is 2.31. The fourth-order valence-electron chi connectivity index (χ4n) is 3.46. The molecule has 4 rings (SSSR count). The van der Waals surface area contributed by atoms with Gasteiger partial charge in [0.1, 0.15) is 0 Å². The van der Waals surface area contributed by atoms with Crippen molar-refractivity contribution in [2.45, 2.75) is 25.3 Å². The number of rotatable bonds is 3. The van der Waals surface area contributed by atoms with Gasteiger partial charge in [0.15, 0.2) is 17.3 Å². The summed E-state index contributed by atoms with van der Waals surface area (Å²) < 4.78 is 26.3. The van der Waals surface area contributed by atoms with Gasteiger partial charge in [-0.15, -0.1) is 0 Å². The molecule has 1 N–H and O–H groups in total. The van der Waals surface area contributed by atoms with E-state index < -0.39 is 11.6 Å². The molecule has 0 atom stereocenters. The summed E-state index contributed by atoms with van der Waals surface area (Å²) in [6, 6.07) is 8.11. The first-order valence-corrected chi connectivity index (χ1v) is 8.16. The molecule has 1 fully saturated rings. The van der Waals surface area contributed by atoms with E-state index in [1.165, 1.54) is 12.1 Å². The molecule has 4 nitrogen and oxygen atoms in total. The Kier molecular flexibility index (Phi) is 3.98. The van der Waals surface area contributed by atoms with Crippen LogP contribution in [0.5, 0.6) is 0 Å². The Labute approximate surface area is 138 Å². The minimum absolute atomic E-state index is 0.431. The van der Waals surface area contributed by atoms with Gasteiger partial charge in [0.25, 0.3) is 0 Å². The van der Waals surface area contributed by atoms with E-state index in [2.05, 4.69) is 26.1 Å². The topological polar surface area (TPSA) is 44.8 Å². The van der Waals surface area contributed by atoms with Crippen LogP contribution in [0.4, 0.5) is 8.78 Å². The molecule has 0 amide bonds. The lowest BCUT2D eigenvalue weighted by atomic mass is 9.92. The average molecular weight is 328 g/mol. The summed E-state index contributed by atoms with van der Waals surface area (Å²) in [7, 11) is 0. The van der Waals surface area contributed by atoms with E-state index in [1.54, 1.807) is 12.3 Å². The van der Waals surface area contributed by atoms with E-state index in [0.29, 0.717) is 12.5 Å². The van der Waals surface area contributed by atoms with Gasteiger partial charge in [-0.3, -0.25) is 10.00 Å². The van der Waals surface area contributed by atoms with E-state index in [-0.39, 0.29) is 0 Å². The smallest absolute Gasteiger partial charge is 0.181 e. The van der Waals surface area contributed by atoms with Gasteiger partial charge in [-0.1, -0.05) is 6.07 Å². The Bertz CT molecular complexity index is 853. The molecule has 3 aromatic rings. The molecule has 0 unspecified atom stereocenters. The predicted molar refractivity (Wildman–Crippen MR) is 87.5 cm³/mol. The summed E-state index contributed by atoms with van der Waals surface area (Å²) >= 11 is 0. The standard InChI is InChI=1S/C18H18F2N4/c19-15-4-3-12(10-16(15)20)11-24-8-5-13(6-9-24)17-14-2-1-7-21-18(14)23-22-17/h1-4,7,10,13H,5-6,8-9,11H2,(H,21,22,23). The van der Waals surface area contributed by atoms with Crippen molar-refractivity contribution in [2.75, 3.05) is 13.1 Å². The van der Waals surface area contributed by atoms with Crippen molar-refractivity contribution in [3.8, 4) is 0 Å². The number of aromatic nitrogens is 3. The highest BCUT2D eigenvalue weighted by atomic mass is 19.2. The number of aromatic amines is 1. The second-order valence-corrected chi connectivity index (χ2v) is 6.31. The molecule has 0 bridgehead atoms. The molecular weight excluding hydrogens is 310 g/mol. The van der Waals surface area contributed by atoms with Gasteiger partial charge in [0.05, 0.1) is 0 Å². The van der Waals surface area contributed by atoms with Crippen LogP contribution in [0.1, 0.15) is 30.0 Å². The number of hydrogen-bond acceptors (Lipinski definition) is 3. The lowest BCUT2D eigenvalue weighted by Gasteiger charge is -2.31. The molecule has 1 aromatic carbocycles. The minimum atomic E-state index is -0.794. The first kappa shape index (κ1) is 15.2. The van der Waals surface area contributed by atoms with E-state index >= 15 is 0 Å². The zero-order valence-electron chi connectivity index (χ0n) is 13.2. The SMILES string of the molecule is Fc1ccc(CN2CCC(c3[nH]nc4ncccc34)CC2)cc1F. The Morgan fingerprint density at radius 1 is 1.12 bits per heavy atom. The van der Waals surface area contributed by atoms with Crippen LogP contribution in [0.3, 0.4) is 0 Å². The summed E-state index contributed by atoms with van der Waals surface area (Å²) in [5.41, 5.74) is 2.73. The van der Waals surface area contributed by atoms with Crippen LogP contribution in [0.15, 0.2) is 36.5 Å². The van der Waals surface area contributed by atoms with Crippen LogP contribution in [0.25, 0.3) is 11.0 Å². The first-order valence-electron chi connectivity index (χ1n) is 8.16. The molecule has 2 aromatic heterocycles. The summed E-state index contributed by atoms with van der Waals surface area (Å²) in [6.07, 6.45) is 3.77. The van der Waals surface area contributed by atoms with Crippen molar-refractivity contribution in [1.82, 2.24) is 20.1 Å². The van der Waals surface area contributed by atoms with Crippen molar-refractivity contribution in [1.29, 1.82) is 0 Å². The lowest BCUT2D eigenvalue weighted by molar-refractivity contribution is 0.203. The Morgan fingerprint density at radius 2 is 1.96 bits per heavy atom. The monoisotopic (exact) mass is 328 g/mol. The third-order valence-corrected chi connectivity index (χ3v) is 4.75. The highest BCUT2D eigenvalue weighted by molar-refractivity contribution is 5.77. The third-order valence-electron chi connectivity index (χ3n) is 4.75. The predicted octanol–water partition coefficient (Wildman–Crippen LogP) is 3.62. The highest BCUT2D eigenvalue weighted by Gasteiger charge is 2.24. The van der Waals surface area contributed by atoms with Gasteiger partial charge in [-0.25, -0.2) is 13.8 Å². The maximum absolute atomic E-state index is 13.3. The van der Waals surface area contributed by atoms with Gasteiger partial charge in [0, 0.05) is 29.7 Å². The van der Waals surface area contributed by atoms with Crippen molar-refractivity contribution >= 4 is 11.0 Å². The quantitative estimate of drug-likeness (QED) is 0.799. The third kappa shape index (κ3) is 2.89. The summed E-state index contributed by atoms with van der Waals surface area (Å²) in [5.74, 6) is -1.14. The molecule has 3 heterocycles. The van der Waals surface area contributed by atoms with Crippen molar-refractivity contribution in [2.24, 2.45) is 0 Å². The van der Waals surface area contributed by atoms with Gasteiger partial charge < -0.3 is 0 Å². The lowest BCUT2D eigenvalue weighted by Crippen LogP contribution is -2.32. The van der Waals surface area contributed by atoms with Crippen LogP contribution >= 0.6 is 0 Å². The normalized spacial score (nSPS) is 16.8. The number of hydrogen-bond donors (Lipinski definition) is 1. The number of fused-ring (bicyclic) bond motifs is 1. The molecule has 124 valence electrons. The Morgan fingerprint density at radius 3 is 2.75 bits per heavy atom. The fraction of sp³-hybridized carbons (Fsp3) is 0.333. The number of nitrogens with one attached hydrogen (secondary N) is 1. The fourth-order valence-corrected chi connectivity index (χ4v) is 3.46. The van der Waals surface area contributed by atoms with Crippen LogP contribution < -0.4 is 0 Å². The number of pyridine rings is 1. The molecular formula is C18H18F2N4. The Balaban J connectivity index is 1.42. The first-order chi connectivity index (χ1) is 11.7. The zero-order chi connectivity index (χ0) is 16.5. The van der Waals surface area contributed by atoms with Gasteiger partial charge >= 0.3 is 0 Å². The summed E-state index contributed by atoms with van der Waals surface area (Å²) in [5, 5.41) is 8.51. The van der Waals surface area contributed by atoms with Crippen LogP contribution in [-0.2, 0) is 6.54 Å². The number of benzene rings is 1. The maximum atomic E-state index is 13.3. The van der Waals surface area contributed by atoms with Crippen LogP contribution in [-0.4, -0.2) is 33.2 Å². The largest absolute Gasteiger partial charge is 0.299 e. The van der Waals surface area contributed by atoms with E-state index in [1.807, 2.05) is 6.07 Å². The maximum Gasteiger partial charge on any atom is 0.181 e. The molecule has 1 aliphatic rings. The van der Waals surface area contributed by atoms with E-state index in [0.717, 1.165) is 48.2 Å². The van der Waals surface area contributed by atoms with Crippen molar-refractivity contribution < 1.29 is 8.78 Å². The zero-order valence-corrected chi connectivity index (χ0v) is 13.2. The molecule has 1 aliphatic heterocycles. The molecule has 6 heteroatoms. The number of piperidine rings is 1. The van der Waals surface area contributed by atoms with Crippen LogP contribution in [0.2, 0.25) is 0 Å². The number of likely N-dealkylation sites (tertiary alicyclic amines) is 1. The molecule has 0 spiro atoms. The minimum Gasteiger partial charge on any atom is -0.299 e. The van der Waals surface area contributed by atoms with Crippen LogP contribution in [0, 0.1) is 11.6 Å². The molecule has 0 saturated carbocycles. The Hall–Kier alpha value is -2.34. The molecule has 24 heavy (non-hydrogen) atoms. The van der Waals surface area contributed by atoms with Crippen molar-refractivity contribution in [3.63, 3.8) is 0 Å². The molecule has 1 saturated heterocycles.